The van der Waals surface area contributed by atoms with E-state index in [1.54, 1.807) is 7.11 Å². The zero-order valence-corrected chi connectivity index (χ0v) is 14.5. The van der Waals surface area contributed by atoms with E-state index in [0.717, 1.165) is 24.3 Å². The van der Waals surface area contributed by atoms with Gasteiger partial charge in [0.1, 0.15) is 0 Å². The number of amides is 2. The van der Waals surface area contributed by atoms with Crippen molar-refractivity contribution in [1.82, 2.24) is 5.32 Å². The molecule has 2 amide bonds. The van der Waals surface area contributed by atoms with Crippen LogP contribution in [0.15, 0.2) is 24.3 Å². The molecule has 2 N–H and O–H groups in total. The Morgan fingerprint density at radius 3 is 2.87 bits per heavy atom. The fourth-order valence-electron chi connectivity index (χ4n) is 3.02. The monoisotopic (exact) mass is 320 g/mol. The fraction of sp³-hybridized carbons (Fsp3) is 0.611. The first-order valence-corrected chi connectivity index (χ1v) is 8.30. The summed E-state index contributed by atoms with van der Waals surface area (Å²) >= 11 is 0. The molecule has 128 valence electrons. The van der Waals surface area contributed by atoms with E-state index in [1.807, 2.05) is 31.2 Å². The van der Waals surface area contributed by atoms with Gasteiger partial charge in [-0.25, -0.2) is 4.79 Å². The predicted molar refractivity (Wildman–Crippen MR) is 91.6 cm³/mol. The SMILES string of the molecule is CO[C@H](C)c1cccc(NC(=O)NC[C@H]2CCO[C@H]2C(C)C)c1. The first-order valence-electron chi connectivity index (χ1n) is 8.30. The second-order valence-corrected chi connectivity index (χ2v) is 6.47. The Balaban J connectivity index is 1.85. The number of carbonyl (C=O) groups is 1. The van der Waals surface area contributed by atoms with Crippen LogP contribution in [0.5, 0.6) is 0 Å². The number of benzene rings is 1. The Hall–Kier alpha value is -1.59. The average molecular weight is 320 g/mol. The Kier molecular flexibility index (Phi) is 6.42. The molecule has 1 heterocycles. The highest BCUT2D eigenvalue weighted by atomic mass is 16.5. The molecule has 23 heavy (non-hydrogen) atoms. The van der Waals surface area contributed by atoms with Crippen molar-refractivity contribution >= 4 is 11.7 Å². The van der Waals surface area contributed by atoms with E-state index in [0.29, 0.717) is 18.4 Å². The van der Waals surface area contributed by atoms with Gasteiger partial charge in [-0.3, -0.25) is 0 Å². The Labute approximate surface area is 138 Å². The summed E-state index contributed by atoms with van der Waals surface area (Å²) < 4.78 is 11.0. The summed E-state index contributed by atoms with van der Waals surface area (Å²) in [6, 6.07) is 7.53. The molecule has 0 radical (unpaired) electrons. The quantitative estimate of drug-likeness (QED) is 0.842. The van der Waals surface area contributed by atoms with Gasteiger partial charge in [-0.15, -0.1) is 0 Å². The van der Waals surface area contributed by atoms with Crippen molar-refractivity contribution in [3.8, 4) is 0 Å². The van der Waals surface area contributed by atoms with E-state index in [4.69, 9.17) is 9.47 Å². The van der Waals surface area contributed by atoms with Gasteiger partial charge in [0, 0.05) is 31.9 Å². The highest BCUT2D eigenvalue weighted by molar-refractivity contribution is 5.89. The lowest BCUT2D eigenvalue weighted by molar-refractivity contribution is 0.0546. The molecule has 0 bridgehead atoms. The van der Waals surface area contributed by atoms with E-state index in [2.05, 4.69) is 24.5 Å². The Morgan fingerprint density at radius 1 is 1.39 bits per heavy atom. The lowest BCUT2D eigenvalue weighted by Gasteiger charge is -2.22. The minimum absolute atomic E-state index is 0.00208. The van der Waals surface area contributed by atoms with Gasteiger partial charge < -0.3 is 20.1 Å². The molecule has 0 saturated carbocycles. The van der Waals surface area contributed by atoms with Gasteiger partial charge in [0.25, 0.3) is 0 Å². The molecular weight excluding hydrogens is 292 g/mol. The molecule has 0 spiro atoms. The van der Waals surface area contributed by atoms with E-state index in [1.165, 1.54) is 0 Å². The summed E-state index contributed by atoms with van der Waals surface area (Å²) in [5.74, 6) is 0.861. The number of carbonyl (C=O) groups excluding carboxylic acids is 1. The molecule has 3 atom stereocenters. The van der Waals surface area contributed by atoms with Crippen molar-refractivity contribution in [2.75, 3.05) is 25.6 Å². The summed E-state index contributed by atoms with van der Waals surface area (Å²) in [5, 5.41) is 5.84. The van der Waals surface area contributed by atoms with E-state index in [-0.39, 0.29) is 18.2 Å². The average Bonchev–Trinajstić information content (AvgIpc) is 3.01. The van der Waals surface area contributed by atoms with Gasteiger partial charge in [-0.1, -0.05) is 26.0 Å². The van der Waals surface area contributed by atoms with E-state index >= 15 is 0 Å². The first-order chi connectivity index (χ1) is 11.0. The maximum atomic E-state index is 12.1. The van der Waals surface area contributed by atoms with Crippen LogP contribution in [-0.4, -0.2) is 32.4 Å². The molecular formula is C18H28N2O3. The molecule has 5 nitrogen and oxygen atoms in total. The zero-order valence-electron chi connectivity index (χ0n) is 14.5. The summed E-state index contributed by atoms with van der Waals surface area (Å²) in [5.41, 5.74) is 1.81. The Morgan fingerprint density at radius 2 is 2.17 bits per heavy atom. The molecule has 0 unspecified atom stereocenters. The number of ether oxygens (including phenoxy) is 2. The molecule has 0 aliphatic carbocycles. The third kappa shape index (κ3) is 4.94. The van der Waals surface area contributed by atoms with Crippen LogP contribution in [0.1, 0.15) is 38.9 Å². The van der Waals surface area contributed by atoms with Crippen LogP contribution in [0.4, 0.5) is 10.5 Å². The number of nitrogens with one attached hydrogen (secondary N) is 2. The van der Waals surface area contributed by atoms with Crippen molar-refractivity contribution in [1.29, 1.82) is 0 Å². The molecule has 1 aromatic rings. The van der Waals surface area contributed by atoms with Crippen LogP contribution in [0.25, 0.3) is 0 Å². The Bertz CT molecular complexity index is 519. The van der Waals surface area contributed by atoms with Crippen LogP contribution in [-0.2, 0) is 9.47 Å². The first kappa shape index (κ1) is 17.8. The molecule has 5 heteroatoms. The number of methoxy groups -OCH3 is 1. The second kappa shape index (κ2) is 8.31. The van der Waals surface area contributed by atoms with Crippen molar-refractivity contribution in [2.24, 2.45) is 11.8 Å². The molecule has 1 saturated heterocycles. The second-order valence-electron chi connectivity index (χ2n) is 6.47. The van der Waals surface area contributed by atoms with Gasteiger partial charge >= 0.3 is 6.03 Å². The lowest BCUT2D eigenvalue weighted by atomic mass is 9.93. The van der Waals surface area contributed by atoms with Crippen LogP contribution < -0.4 is 10.6 Å². The largest absolute Gasteiger partial charge is 0.378 e. The molecule has 1 aliphatic rings. The molecule has 1 aromatic carbocycles. The smallest absolute Gasteiger partial charge is 0.319 e. The zero-order chi connectivity index (χ0) is 16.8. The van der Waals surface area contributed by atoms with Crippen LogP contribution in [0, 0.1) is 11.8 Å². The molecule has 2 rings (SSSR count). The van der Waals surface area contributed by atoms with Gasteiger partial charge in [-0.2, -0.15) is 0 Å². The van der Waals surface area contributed by atoms with E-state index < -0.39 is 0 Å². The van der Waals surface area contributed by atoms with Gasteiger partial charge in [0.05, 0.1) is 12.2 Å². The maximum absolute atomic E-state index is 12.1. The van der Waals surface area contributed by atoms with Crippen molar-refractivity contribution < 1.29 is 14.3 Å². The number of hydrogen-bond donors (Lipinski definition) is 2. The minimum atomic E-state index is -0.179. The van der Waals surface area contributed by atoms with Gasteiger partial charge in [0.15, 0.2) is 0 Å². The highest BCUT2D eigenvalue weighted by Crippen LogP contribution is 2.26. The summed E-state index contributed by atoms with van der Waals surface area (Å²) in [4.78, 5) is 12.1. The number of rotatable bonds is 6. The highest BCUT2D eigenvalue weighted by Gasteiger charge is 2.30. The standard InChI is InChI=1S/C18H28N2O3/c1-12(2)17-15(8-9-23-17)11-19-18(21)20-16-7-5-6-14(10-16)13(3)22-4/h5-7,10,12-13,15,17H,8-9,11H2,1-4H3,(H2,19,20,21)/t13-,15-,17+/m1/s1. The third-order valence-corrected chi connectivity index (χ3v) is 4.41. The summed E-state index contributed by atoms with van der Waals surface area (Å²) in [7, 11) is 1.67. The van der Waals surface area contributed by atoms with E-state index in [9.17, 15) is 4.79 Å². The van der Waals surface area contributed by atoms with Gasteiger partial charge in [-0.05, 0) is 37.0 Å². The number of urea groups is 1. The van der Waals surface area contributed by atoms with Gasteiger partial charge in [0.2, 0.25) is 0 Å². The van der Waals surface area contributed by atoms with Crippen LogP contribution >= 0.6 is 0 Å². The minimum Gasteiger partial charge on any atom is -0.378 e. The third-order valence-electron chi connectivity index (χ3n) is 4.41. The topological polar surface area (TPSA) is 59.6 Å². The van der Waals surface area contributed by atoms with Crippen molar-refractivity contribution in [2.45, 2.75) is 39.4 Å². The van der Waals surface area contributed by atoms with Crippen LogP contribution in [0.3, 0.4) is 0 Å². The molecule has 1 aliphatic heterocycles. The lowest BCUT2D eigenvalue weighted by Crippen LogP contribution is -2.37. The number of hydrogen-bond acceptors (Lipinski definition) is 3. The summed E-state index contributed by atoms with van der Waals surface area (Å²) in [6.45, 7) is 7.72. The normalized spacial score (nSPS) is 22.1. The molecule has 1 fully saturated rings. The van der Waals surface area contributed by atoms with Crippen molar-refractivity contribution in [3.05, 3.63) is 29.8 Å². The maximum Gasteiger partial charge on any atom is 0.319 e. The number of anilines is 1. The molecule has 0 aromatic heterocycles. The van der Waals surface area contributed by atoms with Crippen LogP contribution in [0.2, 0.25) is 0 Å². The fourth-order valence-corrected chi connectivity index (χ4v) is 3.02. The predicted octanol–water partition coefficient (Wildman–Crippen LogP) is 3.58. The van der Waals surface area contributed by atoms with Crippen molar-refractivity contribution in [3.63, 3.8) is 0 Å². The summed E-state index contributed by atoms with van der Waals surface area (Å²) in [6.07, 6.45) is 1.24.